The Morgan fingerprint density at radius 2 is 1.95 bits per heavy atom. The number of nitrogen functional groups attached to an aromatic ring is 1. The molecule has 0 aliphatic heterocycles. The third-order valence-corrected chi connectivity index (χ3v) is 4.25. The molecule has 1 aromatic heterocycles. The summed E-state index contributed by atoms with van der Waals surface area (Å²) < 4.78 is 11.7. The lowest BCUT2D eigenvalue weighted by atomic mass is 10.1. The first-order valence-corrected chi connectivity index (χ1v) is 7.73. The molecule has 0 bridgehead atoms. The van der Waals surface area contributed by atoms with Gasteiger partial charge in [0.25, 0.3) is 0 Å². The SMILES string of the molecule is CCCc1nc(-c2cccc(OC)c2OC)nc(N)c1I. The van der Waals surface area contributed by atoms with E-state index in [1.54, 1.807) is 14.2 Å². The zero-order valence-corrected chi connectivity index (χ0v) is 14.5. The monoisotopic (exact) mass is 399 g/mol. The maximum Gasteiger partial charge on any atom is 0.171 e. The summed E-state index contributed by atoms with van der Waals surface area (Å²) in [6.07, 6.45) is 1.87. The van der Waals surface area contributed by atoms with Crippen LogP contribution in [0.25, 0.3) is 11.4 Å². The summed E-state index contributed by atoms with van der Waals surface area (Å²) in [5.74, 6) is 2.32. The number of aromatic nitrogens is 2. The molecule has 1 aromatic carbocycles. The highest BCUT2D eigenvalue weighted by Gasteiger charge is 2.17. The van der Waals surface area contributed by atoms with E-state index >= 15 is 0 Å². The van der Waals surface area contributed by atoms with Gasteiger partial charge in [0.05, 0.1) is 29.0 Å². The van der Waals surface area contributed by atoms with Gasteiger partial charge in [-0.05, 0) is 41.1 Å². The number of anilines is 1. The predicted molar refractivity (Wildman–Crippen MR) is 91.7 cm³/mol. The van der Waals surface area contributed by atoms with Gasteiger partial charge in [-0.2, -0.15) is 0 Å². The molecule has 2 rings (SSSR count). The lowest BCUT2D eigenvalue weighted by Gasteiger charge is -2.13. The Balaban J connectivity index is 2.62. The van der Waals surface area contributed by atoms with Gasteiger partial charge in [0.15, 0.2) is 17.3 Å². The quantitative estimate of drug-likeness (QED) is 0.782. The molecule has 0 aliphatic carbocycles. The third-order valence-electron chi connectivity index (χ3n) is 3.08. The zero-order valence-electron chi connectivity index (χ0n) is 12.3. The second-order valence-corrected chi connectivity index (χ2v) is 5.56. The Labute approximate surface area is 138 Å². The average molecular weight is 399 g/mol. The van der Waals surface area contributed by atoms with E-state index in [-0.39, 0.29) is 0 Å². The summed E-state index contributed by atoms with van der Waals surface area (Å²) in [7, 11) is 3.21. The number of nitrogens with two attached hydrogens (primary N) is 1. The molecule has 1 heterocycles. The molecule has 0 spiro atoms. The fourth-order valence-corrected chi connectivity index (χ4v) is 2.61. The van der Waals surface area contributed by atoms with E-state index in [1.807, 2.05) is 18.2 Å². The molecule has 0 amide bonds. The molecule has 0 unspecified atom stereocenters. The molecular formula is C15H18IN3O2. The van der Waals surface area contributed by atoms with Crippen molar-refractivity contribution >= 4 is 28.4 Å². The van der Waals surface area contributed by atoms with Crippen LogP contribution < -0.4 is 15.2 Å². The van der Waals surface area contributed by atoms with Crippen molar-refractivity contribution in [1.29, 1.82) is 0 Å². The summed E-state index contributed by atoms with van der Waals surface area (Å²) in [6, 6.07) is 5.62. The molecule has 112 valence electrons. The normalized spacial score (nSPS) is 10.5. The highest BCUT2D eigenvalue weighted by atomic mass is 127. The summed E-state index contributed by atoms with van der Waals surface area (Å²) in [6.45, 7) is 2.11. The van der Waals surface area contributed by atoms with E-state index < -0.39 is 0 Å². The topological polar surface area (TPSA) is 70.3 Å². The Morgan fingerprint density at radius 1 is 1.19 bits per heavy atom. The van der Waals surface area contributed by atoms with Gasteiger partial charge in [-0.25, -0.2) is 9.97 Å². The number of benzene rings is 1. The lowest BCUT2D eigenvalue weighted by molar-refractivity contribution is 0.356. The molecule has 0 saturated carbocycles. The van der Waals surface area contributed by atoms with Gasteiger partial charge < -0.3 is 15.2 Å². The van der Waals surface area contributed by atoms with Gasteiger partial charge in [-0.15, -0.1) is 0 Å². The fourth-order valence-electron chi connectivity index (χ4n) is 2.10. The Hall–Kier alpha value is -1.57. The lowest BCUT2D eigenvalue weighted by Crippen LogP contribution is -2.06. The van der Waals surface area contributed by atoms with Crippen molar-refractivity contribution in [2.24, 2.45) is 0 Å². The maximum absolute atomic E-state index is 6.02. The molecule has 6 heteroatoms. The molecule has 0 aliphatic rings. The van der Waals surface area contributed by atoms with Crippen molar-refractivity contribution in [2.75, 3.05) is 20.0 Å². The highest BCUT2D eigenvalue weighted by Crippen LogP contribution is 2.37. The second kappa shape index (κ2) is 6.93. The van der Waals surface area contributed by atoms with Gasteiger partial charge in [-0.3, -0.25) is 0 Å². The van der Waals surface area contributed by atoms with Crippen molar-refractivity contribution in [3.8, 4) is 22.9 Å². The van der Waals surface area contributed by atoms with Gasteiger partial charge in [0, 0.05) is 0 Å². The van der Waals surface area contributed by atoms with E-state index in [0.29, 0.717) is 23.1 Å². The number of para-hydroxylation sites is 1. The number of methoxy groups -OCH3 is 2. The summed E-state index contributed by atoms with van der Waals surface area (Å²) in [5, 5.41) is 0. The Kier molecular flexibility index (Phi) is 5.22. The molecule has 5 nitrogen and oxygen atoms in total. The zero-order chi connectivity index (χ0) is 15.4. The first-order valence-electron chi connectivity index (χ1n) is 6.65. The highest BCUT2D eigenvalue weighted by molar-refractivity contribution is 14.1. The van der Waals surface area contributed by atoms with Gasteiger partial charge in [0.1, 0.15) is 5.82 Å². The predicted octanol–water partition coefficient (Wildman–Crippen LogP) is 3.30. The smallest absolute Gasteiger partial charge is 0.171 e. The minimum atomic E-state index is 0.494. The molecule has 0 saturated heterocycles. The van der Waals surface area contributed by atoms with Crippen LogP contribution in [0.4, 0.5) is 5.82 Å². The molecule has 2 N–H and O–H groups in total. The first kappa shape index (κ1) is 15.8. The van der Waals surface area contributed by atoms with Crippen LogP contribution in [0.3, 0.4) is 0 Å². The van der Waals surface area contributed by atoms with Crippen LogP contribution in [0.5, 0.6) is 11.5 Å². The molecule has 21 heavy (non-hydrogen) atoms. The minimum Gasteiger partial charge on any atom is -0.493 e. The third kappa shape index (κ3) is 3.20. The summed E-state index contributed by atoms with van der Waals surface area (Å²) in [4.78, 5) is 9.04. The number of hydrogen-bond acceptors (Lipinski definition) is 5. The summed E-state index contributed by atoms with van der Waals surface area (Å²) >= 11 is 2.19. The standard InChI is InChI=1S/C15H18IN3O2/c1-4-6-10-12(16)14(17)19-15(18-10)9-7-5-8-11(20-2)13(9)21-3/h5,7-8H,4,6H2,1-3H3,(H2,17,18,19). The molecular weight excluding hydrogens is 381 g/mol. The van der Waals surface area contributed by atoms with Crippen molar-refractivity contribution in [3.63, 3.8) is 0 Å². The number of aryl methyl sites for hydroxylation is 1. The minimum absolute atomic E-state index is 0.494. The van der Waals surface area contributed by atoms with Gasteiger partial charge in [-0.1, -0.05) is 19.4 Å². The number of rotatable bonds is 5. The van der Waals surface area contributed by atoms with Crippen molar-refractivity contribution in [1.82, 2.24) is 9.97 Å². The number of ether oxygens (including phenoxy) is 2. The molecule has 2 aromatic rings. The van der Waals surface area contributed by atoms with E-state index in [4.69, 9.17) is 15.2 Å². The largest absolute Gasteiger partial charge is 0.493 e. The van der Waals surface area contributed by atoms with Crippen LogP contribution in [0, 0.1) is 3.57 Å². The van der Waals surface area contributed by atoms with Crippen LogP contribution in [-0.2, 0) is 6.42 Å². The summed E-state index contributed by atoms with van der Waals surface area (Å²) in [5.41, 5.74) is 7.76. The average Bonchev–Trinajstić information content (AvgIpc) is 2.50. The van der Waals surface area contributed by atoms with E-state index in [0.717, 1.165) is 27.7 Å². The molecule has 0 atom stereocenters. The van der Waals surface area contributed by atoms with Crippen molar-refractivity contribution < 1.29 is 9.47 Å². The maximum atomic E-state index is 6.02. The van der Waals surface area contributed by atoms with Crippen molar-refractivity contribution in [3.05, 3.63) is 27.5 Å². The van der Waals surface area contributed by atoms with E-state index in [9.17, 15) is 0 Å². The fraction of sp³-hybridized carbons (Fsp3) is 0.333. The Bertz CT molecular complexity index is 647. The van der Waals surface area contributed by atoms with Gasteiger partial charge >= 0.3 is 0 Å². The number of nitrogens with zero attached hydrogens (tertiary/aromatic N) is 2. The van der Waals surface area contributed by atoms with Gasteiger partial charge in [0.2, 0.25) is 0 Å². The molecule has 0 radical (unpaired) electrons. The number of halogens is 1. The van der Waals surface area contributed by atoms with Crippen LogP contribution >= 0.6 is 22.6 Å². The first-order chi connectivity index (χ1) is 10.1. The van der Waals surface area contributed by atoms with Crippen LogP contribution in [0.15, 0.2) is 18.2 Å². The van der Waals surface area contributed by atoms with Crippen LogP contribution in [0.1, 0.15) is 19.0 Å². The van der Waals surface area contributed by atoms with Crippen molar-refractivity contribution in [2.45, 2.75) is 19.8 Å². The van der Waals surface area contributed by atoms with E-state index in [2.05, 4.69) is 39.5 Å². The van der Waals surface area contributed by atoms with E-state index in [1.165, 1.54) is 0 Å². The second-order valence-electron chi connectivity index (χ2n) is 4.48. The Morgan fingerprint density at radius 3 is 2.57 bits per heavy atom. The van der Waals surface area contributed by atoms with Crippen LogP contribution in [0.2, 0.25) is 0 Å². The van der Waals surface area contributed by atoms with Crippen LogP contribution in [-0.4, -0.2) is 24.2 Å². The number of hydrogen-bond donors (Lipinski definition) is 1. The molecule has 0 fully saturated rings.